The van der Waals surface area contributed by atoms with Gasteiger partial charge < -0.3 is 9.47 Å². The zero-order valence-electron chi connectivity index (χ0n) is 12.9. The average molecular weight is 324 g/mol. The molecule has 0 saturated heterocycles. The number of aromatic nitrogens is 2. The van der Waals surface area contributed by atoms with E-state index in [1.807, 2.05) is 43.3 Å². The van der Waals surface area contributed by atoms with E-state index in [0.717, 1.165) is 33.2 Å². The van der Waals surface area contributed by atoms with Crippen LogP contribution in [0, 0.1) is 0 Å². The molecule has 0 atom stereocenters. The fourth-order valence-electron chi connectivity index (χ4n) is 2.64. The van der Waals surface area contributed by atoms with Gasteiger partial charge in [-0.25, -0.2) is 4.98 Å². The Bertz CT molecular complexity index is 970. The van der Waals surface area contributed by atoms with Gasteiger partial charge in [0.1, 0.15) is 11.5 Å². The molecule has 5 heteroatoms. The summed E-state index contributed by atoms with van der Waals surface area (Å²) in [6, 6.07) is 14.1. The third-order valence-electron chi connectivity index (χ3n) is 3.76. The van der Waals surface area contributed by atoms with Crippen LogP contribution in [0.5, 0.6) is 11.5 Å². The number of nitrogens with zero attached hydrogens (tertiary/aromatic N) is 2. The molecule has 0 spiro atoms. The maximum Gasteiger partial charge on any atom is 0.195 e. The van der Waals surface area contributed by atoms with Crippen molar-refractivity contribution in [3.05, 3.63) is 48.7 Å². The fourth-order valence-corrected chi connectivity index (χ4v) is 3.67. The van der Waals surface area contributed by atoms with Crippen molar-refractivity contribution in [1.82, 2.24) is 9.38 Å². The molecule has 2 aromatic heterocycles. The molecule has 0 aliphatic heterocycles. The van der Waals surface area contributed by atoms with E-state index in [0.29, 0.717) is 6.61 Å². The smallest absolute Gasteiger partial charge is 0.195 e. The largest absolute Gasteiger partial charge is 0.497 e. The van der Waals surface area contributed by atoms with Crippen LogP contribution in [0.4, 0.5) is 0 Å². The molecule has 0 amide bonds. The third-order valence-corrected chi connectivity index (χ3v) is 4.78. The lowest BCUT2D eigenvalue weighted by molar-refractivity contribution is 0.340. The van der Waals surface area contributed by atoms with Crippen molar-refractivity contribution in [3.63, 3.8) is 0 Å². The zero-order chi connectivity index (χ0) is 15.8. The van der Waals surface area contributed by atoms with Crippen molar-refractivity contribution in [1.29, 1.82) is 0 Å². The number of hydrogen-bond donors (Lipinski definition) is 0. The van der Waals surface area contributed by atoms with Crippen LogP contribution in [0.3, 0.4) is 0 Å². The number of benzene rings is 2. The van der Waals surface area contributed by atoms with Gasteiger partial charge in [-0.05, 0) is 49.4 Å². The van der Waals surface area contributed by atoms with Gasteiger partial charge in [0.2, 0.25) is 0 Å². The summed E-state index contributed by atoms with van der Waals surface area (Å²) in [7, 11) is 1.68. The highest BCUT2D eigenvalue weighted by Crippen LogP contribution is 2.32. The molecule has 0 N–H and O–H groups in total. The molecule has 2 heterocycles. The van der Waals surface area contributed by atoms with Crippen LogP contribution in [0.25, 0.3) is 26.4 Å². The number of methoxy groups -OCH3 is 1. The lowest BCUT2D eigenvalue weighted by atomic mass is 10.2. The van der Waals surface area contributed by atoms with E-state index in [9.17, 15) is 0 Å². The number of ether oxygens (including phenoxy) is 2. The highest BCUT2D eigenvalue weighted by molar-refractivity contribution is 7.23. The minimum atomic E-state index is 0.676. The van der Waals surface area contributed by atoms with Gasteiger partial charge >= 0.3 is 0 Å². The molecule has 2 aromatic carbocycles. The Morgan fingerprint density at radius 2 is 1.87 bits per heavy atom. The molecule has 0 bridgehead atoms. The van der Waals surface area contributed by atoms with E-state index in [4.69, 9.17) is 14.5 Å². The summed E-state index contributed by atoms with van der Waals surface area (Å²) in [6.45, 7) is 2.66. The molecule has 4 aromatic rings. The predicted octanol–water partition coefficient (Wildman–Crippen LogP) is 4.62. The van der Waals surface area contributed by atoms with E-state index in [-0.39, 0.29) is 0 Å². The van der Waals surface area contributed by atoms with Gasteiger partial charge in [-0.1, -0.05) is 11.3 Å². The van der Waals surface area contributed by atoms with Crippen LogP contribution >= 0.6 is 11.3 Å². The van der Waals surface area contributed by atoms with Crippen LogP contribution in [0.15, 0.2) is 48.7 Å². The first-order valence-electron chi connectivity index (χ1n) is 7.47. The molecule has 0 radical (unpaired) electrons. The second-order valence-electron chi connectivity index (χ2n) is 5.17. The molecule has 0 aliphatic carbocycles. The highest BCUT2D eigenvalue weighted by Gasteiger charge is 2.11. The van der Waals surface area contributed by atoms with Crippen LogP contribution in [-0.2, 0) is 0 Å². The molecule has 23 heavy (non-hydrogen) atoms. The van der Waals surface area contributed by atoms with Gasteiger partial charge in [-0.2, -0.15) is 0 Å². The van der Waals surface area contributed by atoms with Gasteiger partial charge in [-0.15, -0.1) is 0 Å². The van der Waals surface area contributed by atoms with Gasteiger partial charge in [0.15, 0.2) is 4.96 Å². The Balaban J connectivity index is 1.76. The molecular weight excluding hydrogens is 308 g/mol. The first kappa shape index (κ1) is 14.1. The predicted molar refractivity (Wildman–Crippen MR) is 93.7 cm³/mol. The van der Waals surface area contributed by atoms with Crippen LogP contribution in [0.1, 0.15) is 6.92 Å². The first-order valence-corrected chi connectivity index (χ1v) is 8.29. The highest BCUT2D eigenvalue weighted by atomic mass is 32.1. The topological polar surface area (TPSA) is 35.8 Å². The standard InChI is InChI=1S/C18H16N2O2S/c1-3-22-13-6-4-12(5-7-13)15-11-20-16-9-8-14(21-2)10-17(16)23-18(20)19-15/h4-11H,3H2,1-2H3. The van der Waals surface area contributed by atoms with Crippen molar-refractivity contribution >= 4 is 26.5 Å². The number of hydrogen-bond acceptors (Lipinski definition) is 4. The van der Waals surface area contributed by atoms with Gasteiger partial charge in [0.25, 0.3) is 0 Å². The number of imidazole rings is 1. The maximum atomic E-state index is 5.48. The molecule has 0 fully saturated rings. The summed E-state index contributed by atoms with van der Waals surface area (Å²) in [4.78, 5) is 5.73. The van der Waals surface area contributed by atoms with E-state index in [2.05, 4.69) is 16.7 Å². The Morgan fingerprint density at radius 1 is 1.09 bits per heavy atom. The Hall–Kier alpha value is -2.53. The summed E-state index contributed by atoms with van der Waals surface area (Å²) < 4.78 is 14.1. The summed E-state index contributed by atoms with van der Waals surface area (Å²) in [5.41, 5.74) is 3.21. The van der Waals surface area contributed by atoms with Crippen LogP contribution in [-0.4, -0.2) is 23.1 Å². The summed E-state index contributed by atoms with van der Waals surface area (Å²) >= 11 is 1.67. The fraction of sp³-hybridized carbons (Fsp3) is 0.167. The SMILES string of the molecule is CCOc1ccc(-c2cn3c(n2)sc2cc(OC)ccc23)cc1. The maximum absolute atomic E-state index is 5.48. The Labute approximate surface area is 137 Å². The van der Waals surface area contributed by atoms with E-state index >= 15 is 0 Å². The molecule has 4 rings (SSSR count). The van der Waals surface area contributed by atoms with Crippen molar-refractivity contribution in [2.45, 2.75) is 6.92 Å². The van der Waals surface area contributed by atoms with E-state index in [1.54, 1.807) is 18.4 Å². The van der Waals surface area contributed by atoms with Crippen molar-refractivity contribution in [2.75, 3.05) is 13.7 Å². The minimum absolute atomic E-state index is 0.676. The molecule has 0 saturated carbocycles. The van der Waals surface area contributed by atoms with E-state index < -0.39 is 0 Å². The molecule has 116 valence electrons. The first-order chi connectivity index (χ1) is 11.3. The summed E-state index contributed by atoms with van der Waals surface area (Å²) in [6.07, 6.45) is 2.08. The Kier molecular flexibility index (Phi) is 3.42. The molecule has 0 unspecified atom stereocenters. The van der Waals surface area contributed by atoms with Crippen molar-refractivity contribution in [3.8, 4) is 22.8 Å². The lowest BCUT2D eigenvalue weighted by Gasteiger charge is -2.03. The number of rotatable bonds is 4. The second kappa shape index (κ2) is 5.59. The third kappa shape index (κ3) is 2.43. The summed E-state index contributed by atoms with van der Waals surface area (Å²) in [5, 5.41) is 0. The monoisotopic (exact) mass is 324 g/mol. The quantitative estimate of drug-likeness (QED) is 0.549. The number of fused-ring (bicyclic) bond motifs is 3. The van der Waals surface area contributed by atoms with Gasteiger partial charge in [0, 0.05) is 11.8 Å². The van der Waals surface area contributed by atoms with Gasteiger partial charge in [0.05, 0.1) is 29.6 Å². The summed E-state index contributed by atoms with van der Waals surface area (Å²) in [5.74, 6) is 1.75. The molecule has 4 nitrogen and oxygen atoms in total. The second-order valence-corrected chi connectivity index (χ2v) is 6.18. The molecular formula is C18H16N2O2S. The Morgan fingerprint density at radius 3 is 2.61 bits per heavy atom. The number of thiazole rings is 1. The minimum Gasteiger partial charge on any atom is -0.497 e. The normalized spacial score (nSPS) is 11.2. The van der Waals surface area contributed by atoms with Crippen molar-refractivity contribution in [2.24, 2.45) is 0 Å². The zero-order valence-corrected chi connectivity index (χ0v) is 13.8. The van der Waals surface area contributed by atoms with Crippen LogP contribution < -0.4 is 9.47 Å². The van der Waals surface area contributed by atoms with E-state index in [1.165, 1.54) is 4.70 Å². The van der Waals surface area contributed by atoms with Crippen LogP contribution in [0.2, 0.25) is 0 Å². The average Bonchev–Trinajstić information content (AvgIpc) is 3.13. The van der Waals surface area contributed by atoms with Crippen molar-refractivity contribution < 1.29 is 9.47 Å². The van der Waals surface area contributed by atoms with Gasteiger partial charge in [-0.3, -0.25) is 4.40 Å². The molecule has 0 aliphatic rings. The lowest BCUT2D eigenvalue weighted by Crippen LogP contribution is -1.90.